The minimum Gasteiger partial charge on any atom is -0.381 e. The first-order valence-corrected chi connectivity index (χ1v) is 10.5. The Bertz CT molecular complexity index is 322. The van der Waals surface area contributed by atoms with Crippen LogP contribution in [0.2, 0.25) is 0 Å². The van der Waals surface area contributed by atoms with E-state index in [1.165, 1.54) is 57.8 Å². The predicted molar refractivity (Wildman–Crippen MR) is 102 cm³/mol. The maximum Gasteiger partial charge on any atom is 0.184 e. The Labute approximate surface area is 155 Å². The fourth-order valence-electron chi connectivity index (χ4n) is 3.25. The van der Waals surface area contributed by atoms with Gasteiger partial charge in [0.25, 0.3) is 0 Å². The standard InChI is InChI=1S/C21H40O4/c1-4-6-13-19(5-2)15-23-14-11-9-7-8-10-12-18(3)21-24-16-20(22)17-25-21/h18-19,21H,4-17H2,1-3H3. The van der Waals surface area contributed by atoms with E-state index >= 15 is 0 Å². The first-order chi connectivity index (χ1) is 12.2. The Morgan fingerprint density at radius 1 is 1.00 bits per heavy atom. The van der Waals surface area contributed by atoms with Crippen molar-refractivity contribution in [1.29, 1.82) is 0 Å². The summed E-state index contributed by atoms with van der Waals surface area (Å²) in [5, 5.41) is 0. The topological polar surface area (TPSA) is 44.8 Å². The average Bonchev–Trinajstić information content (AvgIpc) is 2.63. The molecule has 1 aliphatic heterocycles. The summed E-state index contributed by atoms with van der Waals surface area (Å²) in [7, 11) is 0. The van der Waals surface area contributed by atoms with Gasteiger partial charge in [0, 0.05) is 19.1 Å². The van der Waals surface area contributed by atoms with E-state index in [1.807, 2.05) is 0 Å². The first kappa shape index (κ1) is 22.6. The zero-order valence-electron chi connectivity index (χ0n) is 16.8. The van der Waals surface area contributed by atoms with Gasteiger partial charge in [-0.2, -0.15) is 0 Å². The molecule has 25 heavy (non-hydrogen) atoms. The van der Waals surface area contributed by atoms with Crippen molar-refractivity contribution in [2.24, 2.45) is 11.8 Å². The van der Waals surface area contributed by atoms with Crippen LogP contribution >= 0.6 is 0 Å². The summed E-state index contributed by atoms with van der Waals surface area (Å²) in [5.74, 6) is 1.16. The number of carbonyl (C=O) groups is 1. The molecule has 4 nitrogen and oxygen atoms in total. The highest BCUT2D eigenvalue weighted by molar-refractivity contribution is 5.81. The number of unbranched alkanes of at least 4 members (excludes halogenated alkanes) is 5. The lowest BCUT2D eigenvalue weighted by Crippen LogP contribution is -2.36. The van der Waals surface area contributed by atoms with Crippen molar-refractivity contribution in [3.63, 3.8) is 0 Å². The van der Waals surface area contributed by atoms with Crippen LogP contribution in [0, 0.1) is 11.8 Å². The summed E-state index contributed by atoms with van der Waals surface area (Å²) in [4.78, 5) is 11.1. The summed E-state index contributed by atoms with van der Waals surface area (Å²) in [6, 6.07) is 0. The van der Waals surface area contributed by atoms with Crippen molar-refractivity contribution in [1.82, 2.24) is 0 Å². The Balaban J connectivity index is 1.89. The molecule has 1 aliphatic rings. The molecule has 0 aromatic rings. The molecular weight excluding hydrogens is 316 g/mol. The zero-order valence-corrected chi connectivity index (χ0v) is 16.8. The third-order valence-electron chi connectivity index (χ3n) is 5.13. The van der Waals surface area contributed by atoms with Crippen LogP contribution < -0.4 is 0 Å². The summed E-state index contributed by atoms with van der Waals surface area (Å²) in [6.45, 7) is 8.96. The Kier molecular flexibility index (Phi) is 13.3. The van der Waals surface area contributed by atoms with Crippen LogP contribution in [-0.2, 0) is 19.0 Å². The lowest BCUT2D eigenvalue weighted by molar-refractivity contribution is -0.202. The lowest BCUT2D eigenvalue weighted by Gasteiger charge is -2.27. The second-order valence-electron chi connectivity index (χ2n) is 7.55. The monoisotopic (exact) mass is 356 g/mol. The van der Waals surface area contributed by atoms with Gasteiger partial charge in [-0.1, -0.05) is 65.7 Å². The minimum absolute atomic E-state index is 0.0429. The molecule has 0 spiro atoms. The normalized spacial score (nSPS) is 18.4. The van der Waals surface area contributed by atoms with Crippen molar-refractivity contribution in [2.45, 2.75) is 91.3 Å². The second-order valence-corrected chi connectivity index (χ2v) is 7.55. The van der Waals surface area contributed by atoms with Gasteiger partial charge in [0.2, 0.25) is 0 Å². The number of Topliss-reactive ketones (excluding diaryl/α,β-unsaturated/α-hetero) is 1. The molecule has 1 heterocycles. The molecule has 0 N–H and O–H groups in total. The molecule has 1 rings (SSSR count). The molecule has 0 bridgehead atoms. The number of rotatable bonds is 15. The summed E-state index contributed by atoms with van der Waals surface area (Å²) < 4.78 is 16.7. The molecule has 4 heteroatoms. The van der Waals surface area contributed by atoms with E-state index < -0.39 is 0 Å². The van der Waals surface area contributed by atoms with Crippen LogP contribution in [0.1, 0.15) is 85.0 Å². The highest BCUT2D eigenvalue weighted by Gasteiger charge is 2.24. The largest absolute Gasteiger partial charge is 0.381 e. The molecule has 1 fully saturated rings. The molecule has 148 valence electrons. The molecule has 0 radical (unpaired) electrons. The molecule has 0 amide bonds. The predicted octanol–water partition coefficient (Wildman–Crippen LogP) is 5.14. The third kappa shape index (κ3) is 11.0. The quantitative estimate of drug-likeness (QED) is 0.381. The number of ether oxygens (including phenoxy) is 3. The van der Waals surface area contributed by atoms with Crippen molar-refractivity contribution < 1.29 is 19.0 Å². The molecular formula is C21H40O4. The Morgan fingerprint density at radius 2 is 1.68 bits per heavy atom. The van der Waals surface area contributed by atoms with E-state index in [-0.39, 0.29) is 25.3 Å². The van der Waals surface area contributed by atoms with Crippen molar-refractivity contribution in [3.05, 3.63) is 0 Å². The number of carbonyl (C=O) groups excluding carboxylic acids is 1. The molecule has 2 atom stereocenters. The smallest absolute Gasteiger partial charge is 0.184 e. The average molecular weight is 357 g/mol. The maximum absolute atomic E-state index is 11.1. The van der Waals surface area contributed by atoms with Crippen molar-refractivity contribution in [2.75, 3.05) is 26.4 Å². The lowest BCUT2D eigenvalue weighted by atomic mass is 10.0. The van der Waals surface area contributed by atoms with Crippen LogP contribution in [0.3, 0.4) is 0 Å². The highest BCUT2D eigenvalue weighted by Crippen LogP contribution is 2.20. The van der Waals surface area contributed by atoms with E-state index in [4.69, 9.17) is 14.2 Å². The fourth-order valence-corrected chi connectivity index (χ4v) is 3.25. The molecule has 0 aromatic carbocycles. The van der Waals surface area contributed by atoms with Gasteiger partial charge in [0.15, 0.2) is 12.1 Å². The third-order valence-corrected chi connectivity index (χ3v) is 5.13. The van der Waals surface area contributed by atoms with Gasteiger partial charge in [-0.3, -0.25) is 4.79 Å². The van der Waals surface area contributed by atoms with Gasteiger partial charge in [0.05, 0.1) is 0 Å². The summed E-state index contributed by atoms with van der Waals surface area (Å²) in [5.41, 5.74) is 0. The van der Waals surface area contributed by atoms with Gasteiger partial charge in [0.1, 0.15) is 13.2 Å². The van der Waals surface area contributed by atoms with Crippen LogP contribution in [-0.4, -0.2) is 38.5 Å². The molecule has 0 aliphatic carbocycles. The van der Waals surface area contributed by atoms with E-state index in [0.717, 1.165) is 25.6 Å². The molecule has 0 saturated carbocycles. The van der Waals surface area contributed by atoms with Gasteiger partial charge in [-0.15, -0.1) is 0 Å². The minimum atomic E-state index is -0.190. The van der Waals surface area contributed by atoms with Gasteiger partial charge >= 0.3 is 0 Å². The molecule has 0 aromatic heterocycles. The fraction of sp³-hybridized carbons (Fsp3) is 0.952. The second kappa shape index (κ2) is 14.7. The van der Waals surface area contributed by atoms with Crippen LogP contribution in [0.5, 0.6) is 0 Å². The first-order valence-electron chi connectivity index (χ1n) is 10.5. The number of ketones is 1. The Hall–Kier alpha value is -0.450. The van der Waals surface area contributed by atoms with Crippen molar-refractivity contribution in [3.8, 4) is 0 Å². The zero-order chi connectivity index (χ0) is 18.3. The van der Waals surface area contributed by atoms with E-state index in [2.05, 4.69) is 20.8 Å². The van der Waals surface area contributed by atoms with Crippen LogP contribution in [0.25, 0.3) is 0 Å². The van der Waals surface area contributed by atoms with Gasteiger partial charge in [-0.05, 0) is 25.2 Å². The van der Waals surface area contributed by atoms with Gasteiger partial charge in [-0.25, -0.2) is 0 Å². The van der Waals surface area contributed by atoms with Crippen LogP contribution in [0.4, 0.5) is 0 Å². The molecule has 1 saturated heterocycles. The number of hydrogen-bond acceptors (Lipinski definition) is 4. The number of hydrogen-bond donors (Lipinski definition) is 0. The maximum atomic E-state index is 11.1. The summed E-state index contributed by atoms with van der Waals surface area (Å²) >= 11 is 0. The molecule has 2 unspecified atom stereocenters. The Morgan fingerprint density at radius 3 is 2.36 bits per heavy atom. The van der Waals surface area contributed by atoms with E-state index in [9.17, 15) is 4.79 Å². The highest BCUT2D eigenvalue weighted by atomic mass is 16.7. The summed E-state index contributed by atoms with van der Waals surface area (Å²) in [6.07, 6.45) is 12.2. The van der Waals surface area contributed by atoms with Crippen molar-refractivity contribution >= 4 is 5.78 Å². The van der Waals surface area contributed by atoms with E-state index in [0.29, 0.717) is 5.92 Å². The van der Waals surface area contributed by atoms with Gasteiger partial charge < -0.3 is 14.2 Å². The van der Waals surface area contributed by atoms with Crippen LogP contribution in [0.15, 0.2) is 0 Å². The van der Waals surface area contributed by atoms with E-state index in [1.54, 1.807) is 0 Å². The SMILES string of the molecule is CCCCC(CC)COCCCCCCCC(C)C1OCC(=O)CO1.